The Bertz CT molecular complexity index is 2670. The minimum absolute atomic E-state index is 0.359. The molecule has 0 bridgehead atoms. The number of para-hydroxylation sites is 1. The van der Waals surface area contributed by atoms with Crippen LogP contribution in [0.2, 0.25) is 0 Å². The summed E-state index contributed by atoms with van der Waals surface area (Å²) in [5, 5.41) is 4.71. The van der Waals surface area contributed by atoms with E-state index in [1.165, 1.54) is 6.33 Å². The Kier molecular flexibility index (Phi) is 6.36. The molecule has 5 aromatic carbocycles. The van der Waals surface area contributed by atoms with E-state index in [4.69, 9.17) is 25.4 Å². The Morgan fingerprint density at radius 3 is 2.19 bits per heavy atom. The Labute approximate surface area is 275 Å². The van der Waals surface area contributed by atoms with E-state index in [0.717, 1.165) is 72.0 Å². The van der Waals surface area contributed by atoms with Crippen molar-refractivity contribution in [2.75, 3.05) is 12.8 Å². The van der Waals surface area contributed by atoms with E-state index in [-0.39, 0.29) is 0 Å². The fourth-order valence-electron chi connectivity index (χ4n) is 6.72. The van der Waals surface area contributed by atoms with Crippen LogP contribution in [0.1, 0.15) is 0 Å². The highest BCUT2D eigenvalue weighted by Gasteiger charge is 2.24. The first-order valence-corrected chi connectivity index (χ1v) is 15.7. The Balaban J connectivity index is 1.41. The van der Waals surface area contributed by atoms with Crippen LogP contribution in [-0.2, 0) is 0 Å². The zero-order valence-corrected chi connectivity index (χ0v) is 26.0. The minimum Gasteiger partial charge on any atom is -0.497 e. The molecule has 48 heavy (non-hydrogen) atoms. The molecule has 0 radical (unpaired) electrons. The number of anilines is 1. The van der Waals surface area contributed by atoms with Crippen LogP contribution in [-0.4, -0.2) is 32.0 Å². The van der Waals surface area contributed by atoms with Gasteiger partial charge in [-0.3, -0.25) is 0 Å². The van der Waals surface area contributed by atoms with Gasteiger partial charge in [0.05, 0.1) is 40.5 Å². The van der Waals surface area contributed by atoms with Crippen molar-refractivity contribution in [1.29, 1.82) is 0 Å². The zero-order valence-electron chi connectivity index (χ0n) is 26.0. The van der Waals surface area contributed by atoms with Crippen molar-refractivity contribution < 1.29 is 4.74 Å². The summed E-state index contributed by atoms with van der Waals surface area (Å²) in [6, 6.07) is 43.4. The number of nitrogens with two attached hydrogens (primary N) is 1. The molecule has 0 aliphatic rings. The van der Waals surface area contributed by atoms with Gasteiger partial charge in [0.25, 0.3) is 0 Å². The van der Waals surface area contributed by atoms with Gasteiger partial charge in [-0.2, -0.15) is 0 Å². The molecule has 0 aliphatic heterocycles. The van der Waals surface area contributed by atoms with Gasteiger partial charge in [0.1, 0.15) is 17.9 Å². The van der Waals surface area contributed by atoms with Crippen molar-refractivity contribution in [3.63, 3.8) is 0 Å². The first kappa shape index (κ1) is 27.7. The Morgan fingerprint density at radius 2 is 1.38 bits per heavy atom. The summed E-state index contributed by atoms with van der Waals surface area (Å²) in [4.78, 5) is 23.6. The molecule has 0 amide bonds. The number of nitrogens with one attached hydrogen (secondary N) is 1. The van der Waals surface area contributed by atoms with Gasteiger partial charge in [-0.15, -0.1) is 0 Å². The molecule has 7 heteroatoms. The highest BCUT2D eigenvalue weighted by atomic mass is 16.5. The molecule has 0 atom stereocenters. The van der Waals surface area contributed by atoms with E-state index in [1.54, 1.807) is 7.11 Å². The van der Waals surface area contributed by atoms with Crippen molar-refractivity contribution >= 4 is 49.4 Å². The molecule has 7 nitrogen and oxygen atoms in total. The lowest BCUT2D eigenvalue weighted by atomic mass is 9.94. The van der Waals surface area contributed by atoms with Crippen molar-refractivity contribution in [1.82, 2.24) is 24.9 Å². The fraction of sp³-hybridized carbons (Fsp3) is 0.0244. The highest BCUT2D eigenvalue weighted by Crippen LogP contribution is 2.45. The van der Waals surface area contributed by atoms with Crippen molar-refractivity contribution in [2.45, 2.75) is 0 Å². The van der Waals surface area contributed by atoms with Crippen LogP contribution in [0.15, 0.2) is 134 Å². The lowest BCUT2D eigenvalue weighted by Crippen LogP contribution is -2.02. The van der Waals surface area contributed by atoms with E-state index in [1.807, 2.05) is 60.7 Å². The number of ether oxygens (including phenoxy) is 1. The molecular formula is C41H28N6O. The predicted octanol–water partition coefficient (Wildman–Crippen LogP) is 9.47. The molecule has 0 spiro atoms. The molecule has 228 valence electrons. The maximum absolute atomic E-state index is 6.76. The van der Waals surface area contributed by atoms with E-state index in [9.17, 15) is 0 Å². The number of hydrogen-bond donors (Lipinski definition) is 2. The van der Waals surface area contributed by atoms with Gasteiger partial charge in [-0.25, -0.2) is 19.9 Å². The molecule has 0 saturated heterocycles. The van der Waals surface area contributed by atoms with Crippen molar-refractivity contribution in [2.24, 2.45) is 0 Å². The maximum Gasteiger partial charge on any atom is 0.163 e. The van der Waals surface area contributed by atoms with Crippen LogP contribution >= 0.6 is 0 Å². The van der Waals surface area contributed by atoms with Crippen LogP contribution in [0.4, 0.5) is 5.82 Å². The Hall–Kier alpha value is -6.60. The third kappa shape index (κ3) is 4.44. The van der Waals surface area contributed by atoms with Gasteiger partial charge in [0.2, 0.25) is 0 Å². The summed E-state index contributed by atoms with van der Waals surface area (Å²) >= 11 is 0. The second kappa shape index (κ2) is 11.0. The number of fused-ring (bicyclic) bond motifs is 5. The quantitative estimate of drug-likeness (QED) is 0.186. The van der Waals surface area contributed by atoms with Crippen LogP contribution in [0.25, 0.3) is 88.5 Å². The second-order valence-corrected chi connectivity index (χ2v) is 11.8. The molecule has 0 unspecified atom stereocenters. The molecule has 4 aromatic heterocycles. The summed E-state index contributed by atoms with van der Waals surface area (Å²) in [6.07, 6.45) is 1.52. The number of benzene rings is 5. The second-order valence-electron chi connectivity index (χ2n) is 11.8. The van der Waals surface area contributed by atoms with Crippen LogP contribution < -0.4 is 10.5 Å². The summed E-state index contributed by atoms with van der Waals surface area (Å²) in [5.41, 5.74) is 16.4. The van der Waals surface area contributed by atoms with Gasteiger partial charge in [-0.05, 0) is 57.8 Å². The molecule has 9 rings (SSSR count). The van der Waals surface area contributed by atoms with Gasteiger partial charge in [0.15, 0.2) is 5.65 Å². The lowest BCUT2D eigenvalue weighted by molar-refractivity contribution is 0.415. The molecule has 0 aliphatic carbocycles. The number of nitrogens with zero attached hydrogens (tertiary/aromatic N) is 4. The van der Waals surface area contributed by atoms with Gasteiger partial charge in [-0.1, -0.05) is 97.1 Å². The number of rotatable bonds is 5. The van der Waals surface area contributed by atoms with E-state index in [2.05, 4.69) is 76.7 Å². The number of hydrogen-bond acceptors (Lipinski definition) is 6. The predicted molar refractivity (Wildman–Crippen MR) is 195 cm³/mol. The number of aromatic nitrogens is 5. The maximum atomic E-state index is 6.76. The Morgan fingerprint density at radius 1 is 0.646 bits per heavy atom. The standard InChI is InChI=1S/C41H28N6O/c1-48-29-19-18-26-20-28(17-16-27(26)21-29)31-22-33(24-10-4-2-5-11-24)46-41-35(31)38-36(40(42)44-23-43-38)39(47-41)34-30-14-8-9-15-32(30)45-37(34)25-12-6-3-7-13-25/h2-23,45H,1H3,(H2,42,43,44). The zero-order chi connectivity index (χ0) is 32.2. The molecule has 0 saturated carbocycles. The summed E-state index contributed by atoms with van der Waals surface area (Å²) < 4.78 is 5.48. The van der Waals surface area contributed by atoms with Crippen molar-refractivity contribution in [3.8, 4) is 50.6 Å². The van der Waals surface area contributed by atoms with Gasteiger partial charge >= 0.3 is 0 Å². The number of nitrogen functional groups attached to an aromatic ring is 1. The topological polar surface area (TPSA) is 103 Å². The molecule has 9 aromatic rings. The van der Waals surface area contributed by atoms with Crippen LogP contribution in [0, 0.1) is 0 Å². The van der Waals surface area contributed by atoms with Crippen molar-refractivity contribution in [3.05, 3.63) is 134 Å². The summed E-state index contributed by atoms with van der Waals surface area (Å²) in [5.74, 6) is 1.18. The first-order valence-electron chi connectivity index (χ1n) is 15.7. The number of methoxy groups -OCH3 is 1. The largest absolute Gasteiger partial charge is 0.497 e. The van der Waals surface area contributed by atoms with Gasteiger partial charge < -0.3 is 15.5 Å². The SMILES string of the molecule is COc1ccc2cc(-c3cc(-c4ccccc4)nc4nc(-c5c(-c6ccccc6)[nH]c6ccccc56)c5c(N)ncnc5c34)ccc2c1. The van der Waals surface area contributed by atoms with E-state index < -0.39 is 0 Å². The van der Waals surface area contributed by atoms with Crippen LogP contribution in [0.3, 0.4) is 0 Å². The normalized spacial score (nSPS) is 11.5. The third-order valence-corrected chi connectivity index (χ3v) is 9.00. The number of aromatic amines is 1. The molecule has 3 N–H and O–H groups in total. The lowest BCUT2D eigenvalue weighted by Gasteiger charge is -2.16. The van der Waals surface area contributed by atoms with Gasteiger partial charge in [0, 0.05) is 22.0 Å². The molecular weight excluding hydrogens is 592 g/mol. The molecule has 0 fully saturated rings. The first-order chi connectivity index (χ1) is 23.7. The summed E-state index contributed by atoms with van der Waals surface area (Å²) in [7, 11) is 1.68. The number of H-pyrrole nitrogens is 1. The molecule has 4 heterocycles. The number of pyridine rings is 2. The summed E-state index contributed by atoms with van der Waals surface area (Å²) in [6.45, 7) is 0. The minimum atomic E-state index is 0.359. The highest BCUT2D eigenvalue weighted by molar-refractivity contribution is 6.20. The fourth-order valence-corrected chi connectivity index (χ4v) is 6.72. The van der Waals surface area contributed by atoms with Crippen LogP contribution in [0.5, 0.6) is 5.75 Å². The smallest absolute Gasteiger partial charge is 0.163 e. The third-order valence-electron chi connectivity index (χ3n) is 9.00. The monoisotopic (exact) mass is 620 g/mol. The average molecular weight is 621 g/mol. The average Bonchev–Trinajstić information content (AvgIpc) is 3.54. The van der Waals surface area contributed by atoms with E-state index >= 15 is 0 Å². The van der Waals surface area contributed by atoms with E-state index in [0.29, 0.717) is 28.1 Å².